The van der Waals surface area contributed by atoms with Crippen LogP contribution in [-0.4, -0.2) is 120 Å². The summed E-state index contributed by atoms with van der Waals surface area (Å²) < 4.78 is 21.0. The van der Waals surface area contributed by atoms with E-state index in [2.05, 4.69) is 11.2 Å². The Balaban J connectivity index is 2.87. The summed E-state index contributed by atoms with van der Waals surface area (Å²) in [6, 6.07) is -1.35. The SMILES string of the molecule is C#CCOCCOCCO[C@]1(C(=O)O)C[C@H](O)[C@@H](NC(=O)CO)[C@H]([C@H](O)[C@H](O)CN)O1. The molecule has 1 saturated heterocycles. The first-order chi connectivity index (χ1) is 14.7. The van der Waals surface area contributed by atoms with Crippen molar-refractivity contribution in [1.82, 2.24) is 5.32 Å². The highest BCUT2D eigenvalue weighted by molar-refractivity contribution is 5.78. The topological polar surface area (TPSA) is 210 Å². The smallest absolute Gasteiger partial charge is 0.364 e. The minimum Gasteiger partial charge on any atom is -0.477 e. The van der Waals surface area contributed by atoms with Gasteiger partial charge < -0.3 is 55.5 Å². The fourth-order valence-corrected chi connectivity index (χ4v) is 2.92. The van der Waals surface area contributed by atoms with Gasteiger partial charge in [0, 0.05) is 13.0 Å². The molecule has 13 nitrogen and oxygen atoms in total. The van der Waals surface area contributed by atoms with Crippen LogP contribution in [0.15, 0.2) is 0 Å². The Morgan fingerprint density at radius 3 is 2.48 bits per heavy atom. The van der Waals surface area contributed by atoms with Crippen LogP contribution in [0.4, 0.5) is 0 Å². The van der Waals surface area contributed by atoms with Gasteiger partial charge in [-0.1, -0.05) is 5.92 Å². The normalized spacial score (nSPS) is 27.8. The summed E-state index contributed by atoms with van der Waals surface area (Å²) in [7, 11) is 0. The van der Waals surface area contributed by atoms with E-state index in [9.17, 15) is 30.0 Å². The van der Waals surface area contributed by atoms with Crippen LogP contribution in [0, 0.1) is 12.3 Å². The molecule has 0 aliphatic carbocycles. The van der Waals surface area contributed by atoms with Crippen LogP contribution >= 0.6 is 0 Å². The van der Waals surface area contributed by atoms with Crippen molar-refractivity contribution in [1.29, 1.82) is 0 Å². The maximum atomic E-state index is 11.9. The second-order valence-corrected chi connectivity index (χ2v) is 6.67. The Kier molecular flexibility index (Phi) is 11.9. The van der Waals surface area contributed by atoms with Gasteiger partial charge in [0.05, 0.1) is 44.7 Å². The van der Waals surface area contributed by atoms with E-state index in [4.69, 9.17) is 36.2 Å². The minimum atomic E-state index is -2.40. The number of carboxylic acids is 1. The van der Waals surface area contributed by atoms with Gasteiger partial charge in [-0.25, -0.2) is 4.79 Å². The molecule has 0 aromatic carbocycles. The van der Waals surface area contributed by atoms with E-state index in [0.29, 0.717) is 0 Å². The summed E-state index contributed by atoms with van der Waals surface area (Å²) in [5, 5.41) is 51.6. The highest BCUT2D eigenvalue weighted by Crippen LogP contribution is 2.33. The standard InChI is InChI=1S/C18H30N2O11/c1-2-3-28-4-5-29-6-7-30-18(17(26)27)8-11(22)14(20-13(24)10-21)16(31-18)15(25)12(23)9-19/h1,11-12,14-16,21-23,25H,3-10,19H2,(H,20,24)(H,26,27)/t11-,12+,14+,15+,16+,18+/m0/s1. The molecule has 0 radical (unpaired) electrons. The predicted octanol–water partition coefficient (Wildman–Crippen LogP) is -4.24. The zero-order valence-electron chi connectivity index (χ0n) is 16.9. The average Bonchev–Trinajstić information content (AvgIpc) is 2.75. The number of ether oxygens (including phenoxy) is 4. The van der Waals surface area contributed by atoms with Crippen LogP contribution < -0.4 is 11.1 Å². The predicted molar refractivity (Wildman–Crippen MR) is 102 cm³/mol. The molecule has 31 heavy (non-hydrogen) atoms. The Morgan fingerprint density at radius 1 is 1.26 bits per heavy atom. The maximum Gasteiger partial charge on any atom is 0.364 e. The van der Waals surface area contributed by atoms with E-state index >= 15 is 0 Å². The molecular weight excluding hydrogens is 420 g/mol. The van der Waals surface area contributed by atoms with Crippen LogP contribution in [0.2, 0.25) is 0 Å². The summed E-state index contributed by atoms with van der Waals surface area (Å²) in [5.74, 6) is -2.62. The Hall–Kier alpha value is -1.86. The highest BCUT2D eigenvalue weighted by atomic mass is 16.7. The molecule has 0 unspecified atom stereocenters. The third kappa shape index (κ3) is 7.96. The molecule has 0 spiro atoms. The molecule has 1 fully saturated rings. The molecule has 1 amide bonds. The van der Waals surface area contributed by atoms with Crippen molar-refractivity contribution in [2.24, 2.45) is 5.73 Å². The average molecular weight is 450 g/mol. The highest BCUT2D eigenvalue weighted by Gasteiger charge is 2.55. The van der Waals surface area contributed by atoms with Gasteiger partial charge in [0.25, 0.3) is 5.79 Å². The van der Waals surface area contributed by atoms with Crippen LogP contribution in [0.1, 0.15) is 6.42 Å². The first kappa shape index (κ1) is 27.2. The molecular formula is C18H30N2O11. The van der Waals surface area contributed by atoms with E-state index in [1.165, 1.54) is 0 Å². The number of carbonyl (C=O) groups is 2. The number of amides is 1. The van der Waals surface area contributed by atoms with Crippen molar-refractivity contribution in [2.75, 3.05) is 46.2 Å². The van der Waals surface area contributed by atoms with Gasteiger partial charge in [0.15, 0.2) is 0 Å². The van der Waals surface area contributed by atoms with Gasteiger partial charge in [0.2, 0.25) is 5.91 Å². The number of aliphatic hydroxyl groups excluding tert-OH is 4. The molecule has 8 N–H and O–H groups in total. The molecule has 1 aliphatic rings. The minimum absolute atomic E-state index is 0.0444. The Morgan fingerprint density at radius 2 is 1.90 bits per heavy atom. The largest absolute Gasteiger partial charge is 0.477 e. The first-order valence-corrected chi connectivity index (χ1v) is 9.51. The lowest BCUT2D eigenvalue weighted by molar-refractivity contribution is -0.312. The van der Waals surface area contributed by atoms with Gasteiger partial charge in [-0.2, -0.15) is 0 Å². The summed E-state index contributed by atoms with van der Waals surface area (Å²) in [4.78, 5) is 23.5. The third-order valence-corrected chi connectivity index (χ3v) is 4.46. The molecule has 0 bridgehead atoms. The zero-order chi connectivity index (χ0) is 23.4. The molecule has 178 valence electrons. The third-order valence-electron chi connectivity index (χ3n) is 4.46. The van der Waals surface area contributed by atoms with Crippen molar-refractivity contribution in [3.63, 3.8) is 0 Å². The maximum absolute atomic E-state index is 11.9. The van der Waals surface area contributed by atoms with Crippen molar-refractivity contribution in [3.05, 3.63) is 0 Å². The van der Waals surface area contributed by atoms with Gasteiger partial charge >= 0.3 is 5.97 Å². The quantitative estimate of drug-likeness (QED) is 0.0991. The summed E-state index contributed by atoms with van der Waals surface area (Å²) in [6.45, 7) is -1.11. The number of nitrogens with two attached hydrogens (primary N) is 1. The number of terminal acetylenes is 1. The van der Waals surface area contributed by atoms with Crippen LogP contribution in [0.25, 0.3) is 0 Å². The molecule has 6 atom stereocenters. The van der Waals surface area contributed by atoms with Crippen molar-refractivity contribution >= 4 is 11.9 Å². The zero-order valence-corrected chi connectivity index (χ0v) is 16.9. The van der Waals surface area contributed by atoms with E-state index in [1.54, 1.807) is 0 Å². The fraction of sp³-hybridized carbons (Fsp3) is 0.778. The monoisotopic (exact) mass is 450 g/mol. The molecule has 13 heteroatoms. The van der Waals surface area contributed by atoms with E-state index in [-0.39, 0.29) is 33.0 Å². The van der Waals surface area contributed by atoms with E-state index in [1.807, 2.05) is 0 Å². The van der Waals surface area contributed by atoms with Crippen molar-refractivity contribution in [3.8, 4) is 12.3 Å². The number of aliphatic carboxylic acids is 1. The van der Waals surface area contributed by atoms with Crippen molar-refractivity contribution < 1.29 is 54.1 Å². The molecule has 1 rings (SSSR count). The van der Waals surface area contributed by atoms with Gasteiger partial charge in [-0.05, 0) is 0 Å². The van der Waals surface area contributed by atoms with Crippen LogP contribution in [-0.2, 0) is 28.5 Å². The van der Waals surface area contributed by atoms with Crippen LogP contribution in [0.3, 0.4) is 0 Å². The second kappa shape index (κ2) is 13.5. The van der Waals surface area contributed by atoms with E-state index < -0.39 is 67.7 Å². The second-order valence-electron chi connectivity index (χ2n) is 6.67. The lowest BCUT2D eigenvalue weighted by Gasteiger charge is -2.46. The summed E-state index contributed by atoms with van der Waals surface area (Å²) in [6.07, 6.45) is -2.11. The number of nitrogens with one attached hydrogen (secondary N) is 1. The summed E-state index contributed by atoms with van der Waals surface area (Å²) in [5.41, 5.74) is 5.33. The summed E-state index contributed by atoms with van der Waals surface area (Å²) >= 11 is 0. The molecule has 0 saturated carbocycles. The number of hydrogen-bond acceptors (Lipinski definition) is 11. The number of rotatable bonds is 14. The Labute approximate surface area is 179 Å². The van der Waals surface area contributed by atoms with Crippen molar-refractivity contribution in [2.45, 2.75) is 42.7 Å². The van der Waals surface area contributed by atoms with Gasteiger partial charge in [-0.3, -0.25) is 4.79 Å². The number of aliphatic hydroxyl groups is 4. The molecule has 0 aromatic rings. The number of carboxylic acid groups (broad SMARTS) is 1. The van der Waals surface area contributed by atoms with Gasteiger partial charge in [-0.15, -0.1) is 6.42 Å². The van der Waals surface area contributed by atoms with Crippen LogP contribution in [0.5, 0.6) is 0 Å². The molecule has 0 aromatic heterocycles. The van der Waals surface area contributed by atoms with Gasteiger partial charge in [0.1, 0.15) is 25.4 Å². The fourth-order valence-electron chi connectivity index (χ4n) is 2.92. The van der Waals surface area contributed by atoms with E-state index in [0.717, 1.165) is 0 Å². The first-order valence-electron chi connectivity index (χ1n) is 9.51. The molecule has 1 aliphatic heterocycles. The lowest BCUT2D eigenvalue weighted by atomic mass is 9.88. The lowest BCUT2D eigenvalue weighted by Crippen LogP contribution is -2.68. The Bertz CT molecular complexity index is 614. The molecule has 1 heterocycles. The number of hydrogen-bond donors (Lipinski definition) is 7. The number of carbonyl (C=O) groups excluding carboxylic acids is 1.